The highest BCUT2D eigenvalue weighted by Crippen LogP contribution is 2.26. The molecule has 0 aliphatic carbocycles. The standard InChI is InChI=1S/C23H21NO/c1-3-10-20(11-4-1)23(21-12-5-2-6-13-21)25-18-17-24-16-15-19-9-7-8-14-22(19)24/h1-16,23H,17-18H2. The van der Waals surface area contributed by atoms with Gasteiger partial charge in [-0.2, -0.15) is 0 Å². The largest absolute Gasteiger partial charge is 0.367 e. The van der Waals surface area contributed by atoms with Crippen LogP contribution in [-0.4, -0.2) is 11.2 Å². The maximum absolute atomic E-state index is 6.32. The molecule has 0 amide bonds. The molecule has 0 radical (unpaired) electrons. The minimum atomic E-state index is -0.0378. The Labute approximate surface area is 148 Å². The van der Waals surface area contributed by atoms with Crippen LogP contribution in [0.4, 0.5) is 0 Å². The molecule has 2 heteroatoms. The van der Waals surface area contributed by atoms with Crippen molar-refractivity contribution in [3.05, 3.63) is 108 Å². The summed E-state index contributed by atoms with van der Waals surface area (Å²) in [6.07, 6.45) is 2.10. The van der Waals surface area contributed by atoms with Gasteiger partial charge in [-0.3, -0.25) is 0 Å². The summed E-state index contributed by atoms with van der Waals surface area (Å²) in [5.41, 5.74) is 3.62. The van der Waals surface area contributed by atoms with Crippen molar-refractivity contribution in [2.24, 2.45) is 0 Å². The molecule has 4 aromatic rings. The number of hydrogen-bond acceptors (Lipinski definition) is 1. The third-order valence-corrected chi connectivity index (χ3v) is 4.50. The van der Waals surface area contributed by atoms with E-state index < -0.39 is 0 Å². The van der Waals surface area contributed by atoms with E-state index in [9.17, 15) is 0 Å². The second-order valence-corrected chi connectivity index (χ2v) is 6.14. The average Bonchev–Trinajstić information content (AvgIpc) is 3.10. The van der Waals surface area contributed by atoms with E-state index in [1.54, 1.807) is 0 Å². The quantitative estimate of drug-likeness (QED) is 0.459. The van der Waals surface area contributed by atoms with Crippen molar-refractivity contribution in [3.63, 3.8) is 0 Å². The summed E-state index contributed by atoms with van der Waals surface area (Å²) < 4.78 is 8.57. The molecule has 0 fully saturated rings. The average molecular weight is 327 g/mol. The summed E-state index contributed by atoms with van der Waals surface area (Å²) in [5, 5.41) is 1.27. The first-order chi connectivity index (χ1) is 12.4. The third kappa shape index (κ3) is 3.49. The van der Waals surface area contributed by atoms with Gasteiger partial charge in [0.25, 0.3) is 0 Å². The van der Waals surface area contributed by atoms with Crippen LogP contribution in [0.1, 0.15) is 17.2 Å². The van der Waals surface area contributed by atoms with Crippen LogP contribution < -0.4 is 0 Å². The first-order valence-corrected chi connectivity index (χ1v) is 8.67. The molecular formula is C23H21NO. The van der Waals surface area contributed by atoms with E-state index in [0.717, 1.165) is 6.54 Å². The predicted molar refractivity (Wildman–Crippen MR) is 103 cm³/mol. The van der Waals surface area contributed by atoms with E-state index in [4.69, 9.17) is 4.74 Å². The van der Waals surface area contributed by atoms with Gasteiger partial charge in [0.15, 0.2) is 0 Å². The molecule has 1 aromatic heterocycles. The lowest BCUT2D eigenvalue weighted by atomic mass is 10.0. The molecule has 0 bridgehead atoms. The van der Waals surface area contributed by atoms with Crippen LogP contribution in [0.5, 0.6) is 0 Å². The molecule has 0 N–H and O–H groups in total. The molecule has 0 saturated carbocycles. The monoisotopic (exact) mass is 327 g/mol. The maximum atomic E-state index is 6.32. The molecule has 124 valence electrons. The van der Waals surface area contributed by atoms with E-state index in [-0.39, 0.29) is 6.10 Å². The normalized spacial score (nSPS) is 11.2. The molecule has 0 unspecified atom stereocenters. The highest BCUT2D eigenvalue weighted by Gasteiger charge is 2.14. The van der Waals surface area contributed by atoms with Gasteiger partial charge in [0, 0.05) is 18.3 Å². The minimum Gasteiger partial charge on any atom is -0.367 e. The second-order valence-electron chi connectivity index (χ2n) is 6.14. The fraction of sp³-hybridized carbons (Fsp3) is 0.130. The summed E-state index contributed by atoms with van der Waals surface area (Å²) in [5.74, 6) is 0. The van der Waals surface area contributed by atoms with Crippen LogP contribution >= 0.6 is 0 Å². The summed E-state index contributed by atoms with van der Waals surface area (Å²) in [7, 11) is 0. The number of benzene rings is 3. The Morgan fingerprint density at radius 1 is 0.680 bits per heavy atom. The van der Waals surface area contributed by atoms with Crippen LogP contribution in [0.3, 0.4) is 0 Å². The zero-order chi connectivity index (χ0) is 16.9. The number of fused-ring (bicyclic) bond motifs is 1. The van der Waals surface area contributed by atoms with Gasteiger partial charge in [0.2, 0.25) is 0 Å². The smallest absolute Gasteiger partial charge is 0.108 e. The lowest BCUT2D eigenvalue weighted by Crippen LogP contribution is -2.11. The van der Waals surface area contributed by atoms with E-state index in [0.29, 0.717) is 6.61 Å². The highest BCUT2D eigenvalue weighted by molar-refractivity contribution is 5.79. The second kappa shape index (κ2) is 7.37. The van der Waals surface area contributed by atoms with Crippen LogP contribution in [0.2, 0.25) is 0 Å². The van der Waals surface area contributed by atoms with Crippen LogP contribution in [-0.2, 0) is 11.3 Å². The van der Waals surface area contributed by atoms with E-state index in [1.165, 1.54) is 22.0 Å². The number of rotatable bonds is 6. The highest BCUT2D eigenvalue weighted by atomic mass is 16.5. The van der Waals surface area contributed by atoms with Gasteiger partial charge in [-0.25, -0.2) is 0 Å². The van der Waals surface area contributed by atoms with Gasteiger partial charge in [0.1, 0.15) is 6.10 Å². The van der Waals surface area contributed by atoms with Gasteiger partial charge in [-0.05, 0) is 28.6 Å². The molecule has 0 aliphatic rings. The van der Waals surface area contributed by atoms with Crippen molar-refractivity contribution in [2.45, 2.75) is 12.6 Å². The topological polar surface area (TPSA) is 14.2 Å². The maximum Gasteiger partial charge on any atom is 0.108 e. The van der Waals surface area contributed by atoms with E-state index in [2.05, 4.69) is 89.6 Å². The van der Waals surface area contributed by atoms with Crippen molar-refractivity contribution >= 4 is 10.9 Å². The summed E-state index contributed by atoms with van der Waals surface area (Å²) in [6.45, 7) is 1.50. The Kier molecular flexibility index (Phi) is 4.62. The molecular weight excluding hydrogens is 306 g/mol. The Morgan fingerprint density at radius 3 is 1.96 bits per heavy atom. The lowest BCUT2D eigenvalue weighted by Gasteiger charge is -2.19. The van der Waals surface area contributed by atoms with E-state index in [1.807, 2.05) is 12.1 Å². The summed E-state index contributed by atoms with van der Waals surface area (Å²) in [4.78, 5) is 0. The van der Waals surface area contributed by atoms with Gasteiger partial charge in [-0.1, -0.05) is 78.9 Å². The molecule has 4 rings (SSSR count). The van der Waals surface area contributed by atoms with Crippen molar-refractivity contribution in [1.29, 1.82) is 0 Å². The fourth-order valence-electron chi connectivity index (χ4n) is 3.25. The molecule has 0 atom stereocenters. The van der Waals surface area contributed by atoms with Gasteiger partial charge >= 0.3 is 0 Å². The number of hydrogen-bond donors (Lipinski definition) is 0. The van der Waals surface area contributed by atoms with Crippen molar-refractivity contribution in [3.8, 4) is 0 Å². The first kappa shape index (κ1) is 15.7. The Morgan fingerprint density at radius 2 is 1.28 bits per heavy atom. The van der Waals surface area contributed by atoms with Crippen LogP contribution in [0.25, 0.3) is 10.9 Å². The fourth-order valence-corrected chi connectivity index (χ4v) is 3.25. The van der Waals surface area contributed by atoms with Crippen LogP contribution in [0, 0.1) is 0 Å². The predicted octanol–water partition coefficient (Wildman–Crippen LogP) is 5.45. The number of aromatic nitrogens is 1. The Hall–Kier alpha value is -2.84. The van der Waals surface area contributed by atoms with Crippen LogP contribution in [0.15, 0.2) is 97.2 Å². The molecule has 0 saturated heterocycles. The summed E-state index contributed by atoms with van der Waals surface area (Å²) >= 11 is 0. The number of nitrogens with zero attached hydrogens (tertiary/aromatic N) is 1. The van der Waals surface area contributed by atoms with Crippen molar-refractivity contribution in [2.75, 3.05) is 6.61 Å². The molecule has 0 spiro atoms. The lowest BCUT2D eigenvalue weighted by molar-refractivity contribution is 0.0744. The Bertz CT molecular complexity index is 888. The summed E-state index contributed by atoms with van der Waals surface area (Å²) in [6, 6.07) is 31.4. The number of ether oxygens (including phenoxy) is 1. The van der Waals surface area contributed by atoms with Gasteiger partial charge in [-0.15, -0.1) is 0 Å². The zero-order valence-corrected chi connectivity index (χ0v) is 14.1. The molecule has 0 aliphatic heterocycles. The SMILES string of the molecule is c1ccc(C(OCCn2ccc3ccccc32)c2ccccc2)cc1. The zero-order valence-electron chi connectivity index (χ0n) is 14.1. The first-order valence-electron chi connectivity index (χ1n) is 8.67. The van der Waals surface area contributed by atoms with Crippen molar-refractivity contribution < 1.29 is 4.74 Å². The van der Waals surface area contributed by atoms with E-state index >= 15 is 0 Å². The van der Waals surface area contributed by atoms with Crippen molar-refractivity contribution in [1.82, 2.24) is 4.57 Å². The van der Waals surface area contributed by atoms with Gasteiger partial charge < -0.3 is 9.30 Å². The Balaban J connectivity index is 1.51. The van der Waals surface area contributed by atoms with Gasteiger partial charge in [0.05, 0.1) is 6.61 Å². The molecule has 25 heavy (non-hydrogen) atoms. The molecule has 1 heterocycles. The number of para-hydroxylation sites is 1. The molecule has 3 aromatic carbocycles. The third-order valence-electron chi connectivity index (χ3n) is 4.50. The minimum absolute atomic E-state index is 0.0378. The molecule has 2 nitrogen and oxygen atoms in total.